The topological polar surface area (TPSA) is 66.8 Å². The van der Waals surface area contributed by atoms with Crippen LogP contribution in [0.25, 0.3) is 10.8 Å². The van der Waals surface area contributed by atoms with Crippen LogP contribution in [0.3, 0.4) is 0 Å². The van der Waals surface area contributed by atoms with Crippen LogP contribution in [0.2, 0.25) is 0 Å². The molecule has 4 nitrogen and oxygen atoms in total. The zero-order valence-corrected chi connectivity index (χ0v) is 9.74. The molecular weight excluding hydrogens is 232 g/mol. The number of rotatable bonds is 4. The van der Waals surface area contributed by atoms with Gasteiger partial charge in [-0.25, -0.2) is 4.79 Å². The van der Waals surface area contributed by atoms with E-state index >= 15 is 0 Å². The number of benzene rings is 2. The van der Waals surface area contributed by atoms with Crippen LogP contribution in [0.1, 0.15) is 10.4 Å². The fourth-order valence-electron chi connectivity index (χ4n) is 1.75. The third-order valence-electron chi connectivity index (χ3n) is 2.69. The van der Waals surface area contributed by atoms with Gasteiger partial charge in [-0.3, -0.25) is 0 Å². The number of hydrogen-bond acceptors (Lipinski definition) is 4. The van der Waals surface area contributed by atoms with E-state index in [0.717, 1.165) is 10.8 Å². The summed E-state index contributed by atoms with van der Waals surface area (Å²) in [4.78, 5) is 11.9. The first-order valence-electron chi connectivity index (χ1n) is 5.66. The number of aliphatic hydroxyl groups excluding tert-OH is 2. The summed E-state index contributed by atoms with van der Waals surface area (Å²) in [5.41, 5.74) is 0.431. The van der Waals surface area contributed by atoms with Gasteiger partial charge in [0.2, 0.25) is 0 Å². The van der Waals surface area contributed by atoms with Gasteiger partial charge < -0.3 is 14.9 Å². The van der Waals surface area contributed by atoms with Crippen molar-refractivity contribution in [3.8, 4) is 0 Å². The molecule has 0 saturated carbocycles. The molecule has 0 atom stereocenters. The first kappa shape index (κ1) is 12.5. The molecule has 0 radical (unpaired) electrons. The molecule has 4 heteroatoms. The largest absolute Gasteiger partial charge is 0.454 e. The molecule has 2 N–H and O–H groups in total. The molecule has 0 aromatic heterocycles. The smallest absolute Gasteiger partial charge is 0.339 e. The predicted octanol–water partition coefficient (Wildman–Crippen LogP) is 1.35. The van der Waals surface area contributed by atoms with E-state index in [-0.39, 0.29) is 0 Å². The van der Waals surface area contributed by atoms with Crippen molar-refractivity contribution in [3.63, 3.8) is 0 Å². The lowest BCUT2D eigenvalue weighted by Crippen LogP contribution is -2.25. The second kappa shape index (κ2) is 5.62. The lowest BCUT2D eigenvalue weighted by Gasteiger charge is -2.13. The van der Waals surface area contributed by atoms with Crippen molar-refractivity contribution in [2.45, 2.75) is 6.10 Å². The highest BCUT2D eigenvalue weighted by molar-refractivity contribution is 6.04. The minimum Gasteiger partial charge on any atom is -0.454 e. The average molecular weight is 246 g/mol. The molecule has 94 valence electrons. The summed E-state index contributed by atoms with van der Waals surface area (Å²) in [5, 5.41) is 19.5. The Kier molecular flexibility index (Phi) is 3.92. The second-order valence-electron chi connectivity index (χ2n) is 3.92. The highest BCUT2D eigenvalue weighted by atomic mass is 16.6. The number of carbonyl (C=O) groups is 1. The van der Waals surface area contributed by atoms with Gasteiger partial charge in [-0.15, -0.1) is 0 Å². The molecule has 2 rings (SSSR count). The maximum Gasteiger partial charge on any atom is 0.339 e. The van der Waals surface area contributed by atoms with Crippen molar-refractivity contribution in [2.24, 2.45) is 0 Å². The van der Waals surface area contributed by atoms with Crippen molar-refractivity contribution in [1.82, 2.24) is 0 Å². The van der Waals surface area contributed by atoms with E-state index in [9.17, 15) is 4.79 Å². The van der Waals surface area contributed by atoms with Gasteiger partial charge >= 0.3 is 5.97 Å². The van der Waals surface area contributed by atoms with Gasteiger partial charge in [-0.1, -0.05) is 36.4 Å². The van der Waals surface area contributed by atoms with Crippen LogP contribution in [0.15, 0.2) is 42.5 Å². The fraction of sp³-hybridized carbons (Fsp3) is 0.214. The van der Waals surface area contributed by atoms with E-state index in [1.54, 1.807) is 12.1 Å². The molecule has 0 aliphatic carbocycles. The van der Waals surface area contributed by atoms with Crippen LogP contribution >= 0.6 is 0 Å². The maximum atomic E-state index is 11.9. The molecule has 0 aliphatic rings. The molecule has 2 aromatic carbocycles. The van der Waals surface area contributed by atoms with Gasteiger partial charge in [0.25, 0.3) is 0 Å². The summed E-state index contributed by atoms with van der Waals surface area (Å²) >= 11 is 0. The summed E-state index contributed by atoms with van der Waals surface area (Å²) in [6.45, 7) is -0.792. The first-order valence-corrected chi connectivity index (χ1v) is 5.66. The summed E-state index contributed by atoms with van der Waals surface area (Å²) in [6, 6.07) is 12.8. The van der Waals surface area contributed by atoms with Crippen LogP contribution in [-0.4, -0.2) is 35.5 Å². The van der Waals surface area contributed by atoms with Gasteiger partial charge in [0.15, 0.2) is 0 Å². The minimum absolute atomic E-state index is 0.396. The van der Waals surface area contributed by atoms with Crippen LogP contribution in [-0.2, 0) is 4.74 Å². The van der Waals surface area contributed by atoms with E-state index in [2.05, 4.69) is 0 Å². The molecule has 0 amide bonds. The third-order valence-corrected chi connectivity index (χ3v) is 2.69. The molecule has 2 aromatic rings. The Balaban J connectivity index is 2.33. The van der Waals surface area contributed by atoms with E-state index in [1.807, 2.05) is 30.3 Å². The average Bonchev–Trinajstić information content (AvgIpc) is 2.43. The molecule has 0 heterocycles. The van der Waals surface area contributed by atoms with Crippen LogP contribution in [0.4, 0.5) is 0 Å². The van der Waals surface area contributed by atoms with E-state index in [4.69, 9.17) is 14.9 Å². The molecule has 0 fully saturated rings. The molecule has 18 heavy (non-hydrogen) atoms. The van der Waals surface area contributed by atoms with E-state index < -0.39 is 25.3 Å². The number of ether oxygens (including phenoxy) is 1. The fourth-order valence-corrected chi connectivity index (χ4v) is 1.75. The van der Waals surface area contributed by atoms with E-state index in [0.29, 0.717) is 5.56 Å². The maximum absolute atomic E-state index is 11.9. The SMILES string of the molecule is O=C(OC(CO)CO)c1cccc2ccccc12. The first-order chi connectivity index (χ1) is 8.76. The number of esters is 1. The van der Waals surface area contributed by atoms with Gasteiger partial charge in [-0.2, -0.15) is 0 Å². The summed E-state index contributed by atoms with van der Waals surface area (Å²) in [7, 11) is 0. The van der Waals surface area contributed by atoms with Crippen molar-refractivity contribution in [2.75, 3.05) is 13.2 Å². The van der Waals surface area contributed by atoms with Gasteiger partial charge in [-0.05, 0) is 16.8 Å². The van der Waals surface area contributed by atoms with Crippen molar-refractivity contribution in [1.29, 1.82) is 0 Å². The van der Waals surface area contributed by atoms with E-state index in [1.165, 1.54) is 0 Å². The molecular formula is C14H14O4. The third kappa shape index (κ3) is 2.50. The van der Waals surface area contributed by atoms with Gasteiger partial charge in [0.1, 0.15) is 6.10 Å². The van der Waals surface area contributed by atoms with Crippen LogP contribution in [0.5, 0.6) is 0 Å². The zero-order chi connectivity index (χ0) is 13.0. The Bertz CT molecular complexity index is 541. The standard InChI is InChI=1S/C14H14O4/c15-8-11(9-16)18-14(17)13-7-3-5-10-4-1-2-6-12(10)13/h1-7,11,15-16H,8-9H2. The molecule has 0 bridgehead atoms. The Morgan fingerprint density at radius 1 is 1.06 bits per heavy atom. The van der Waals surface area contributed by atoms with Crippen LogP contribution < -0.4 is 0 Å². The minimum atomic E-state index is -0.878. The van der Waals surface area contributed by atoms with Gasteiger partial charge in [0.05, 0.1) is 18.8 Å². The Hall–Kier alpha value is -1.91. The van der Waals surface area contributed by atoms with Crippen molar-refractivity contribution < 1.29 is 19.7 Å². The lowest BCUT2D eigenvalue weighted by atomic mass is 10.0. The second-order valence-corrected chi connectivity index (χ2v) is 3.92. The van der Waals surface area contributed by atoms with Gasteiger partial charge in [0, 0.05) is 0 Å². The highest BCUT2D eigenvalue weighted by Crippen LogP contribution is 2.19. The number of aliphatic hydroxyl groups is 2. The Morgan fingerprint density at radius 2 is 1.72 bits per heavy atom. The summed E-state index contributed by atoms with van der Waals surface area (Å²) in [6.07, 6.45) is -0.878. The molecule has 0 spiro atoms. The molecule has 0 saturated heterocycles. The molecule has 0 unspecified atom stereocenters. The zero-order valence-electron chi connectivity index (χ0n) is 9.74. The van der Waals surface area contributed by atoms with Crippen LogP contribution in [0, 0.1) is 0 Å². The molecule has 0 aliphatic heterocycles. The number of hydrogen-bond donors (Lipinski definition) is 2. The lowest BCUT2D eigenvalue weighted by molar-refractivity contribution is -0.00526. The monoisotopic (exact) mass is 246 g/mol. The summed E-state index contributed by atoms with van der Waals surface area (Å²) < 4.78 is 5.00. The van der Waals surface area contributed by atoms with Crippen molar-refractivity contribution >= 4 is 16.7 Å². The Morgan fingerprint density at radius 3 is 2.44 bits per heavy atom. The number of carbonyl (C=O) groups excluding carboxylic acids is 1. The quantitative estimate of drug-likeness (QED) is 0.799. The summed E-state index contributed by atoms with van der Waals surface area (Å²) in [5.74, 6) is -0.542. The highest BCUT2D eigenvalue weighted by Gasteiger charge is 2.16. The van der Waals surface area contributed by atoms with Crippen molar-refractivity contribution in [3.05, 3.63) is 48.0 Å². The number of fused-ring (bicyclic) bond motifs is 1. The normalized spacial score (nSPS) is 10.8. The Labute approximate surface area is 104 Å². The predicted molar refractivity (Wildman–Crippen MR) is 67.3 cm³/mol.